The van der Waals surface area contributed by atoms with Gasteiger partial charge >= 0.3 is 0 Å². The van der Waals surface area contributed by atoms with Gasteiger partial charge in [-0.2, -0.15) is 5.06 Å². The van der Waals surface area contributed by atoms with Crippen molar-refractivity contribution in [1.29, 1.82) is 0 Å². The molecule has 0 N–H and O–H groups in total. The Balaban J connectivity index is 0.961. The fraction of sp³-hybridized carbons (Fsp3) is 0.278. The minimum absolute atomic E-state index is 0.0130. The van der Waals surface area contributed by atoms with Gasteiger partial charge in [-0.3, -0.25) is 14.2 Å². The minimum atomic E-state index is -0.879. The molecule has 1 aliphatic heterocycles. The molecular weight excluding hydrogens is 779 g/mol. The molecule has 11 rings (SSSR count). The monoisotopic (exact) mass is 829 g/mol. The van der Waals surface area contributed by atoms with Crippen LogP contribution in [0.4, 0.5) is 0 Å². The summed E-state index contributed by atoms with van der Waals surface area (Å²) in [4.78, 5) is 26.3. The van der Waals surface area contributed by atoms with Gasteiger partial charge < -0.3 is 0 Å². The fourth-order valence-electron chi connectivity index (χ4n) is 11.4. The Morgan fingerprint density at radius 1 is 0.730 bits per heavy atom. The largest absolute Gasteiger partial charge is 0.295 e. The van der Waals surface area contributed by atoms with Gasteiger partial charge in [-0.15, -0.1) is 5.10 Å². The number of hydrogen-bond acceptors (Lipinski definition) is 7. The third-order valence-corrected chi connectivity index (χ3v) is 14.2. The van der Waals surface area contributed by atoms with Gasteiger partial charge in [0.25, 0.3) is 5.56 Å². The van der Waals surface area contributed by atoms with E-state index in [9.17, 15) is 4.79 Å². The lowest BCUT2D eigenvalue weighted by Gasteiger charge is -2.36. The van der Waals surface area contributed by atoms with Crippen LogP contribution in [0.1, 0.15) is 78.7 Å². The van der Waals surface area contributed by atoms with Crippen LogP contribution < -0.4 is 5.56 Å². The maximum atomic E-state index is 14.7. The van der Waals surface area contributed by atoms with E-state index in [1.54, 1.807) is 0 Å². The number of aryl methyl sites for hydroxylation is 1. The minimum Gasteiger partial charge on any atom is -0.295 e. The van der Waals surface area contributed by atoms with E-state index in [1.807, 2.05) is 33.5 Å². The molecule has 8 aromatic rings. The zero-order valence-electron chi connectivity index (χ0n) is 35.8. The van der Waals surface area contributed by atoms with Crippen molar-refractivity contribution in [2.45, 2.75) is 69.7 Å². The highest BCUT2D eigenvalue weighted by molar-refractivity contribution is 5.81. The van der Waals surface area contributed by atoms with Gasteiger partial charge in [0.1, 0.15) is 11.4 Å². The number of benzene rings is 6. The van der Waals surface area contributed by atoms with Crippen LogP contribution in [0.3, 0.4) is 0 Å². The first kappa shape index (κ1) is 39.3. The molecule has 3 aliphatic rings. The van der Waals surface area contributed by atoms with Crippen molar-refractivity contribution in [1.82, 2.24) is 34.8 Å². The van der Waals surface area contributed by atoms with Gasteiger partial charge in [0.2, 0.25) is 0 Å². The van der Waals surface area contributed by atoms with E-state index in [-0.39, 0.29) is 17.7 Å². The van der Waals surface area contributed by atoms with Crippen LogP contribution in [0, 0.1) is 17.8 Å². The molecule has 0 amide bonds. The molecule has 0 unspecified atom stereocenters. The Bertz CT molecular complexity index is 2850. The van der Waals surface area contributed by atoms with Crippen molar-refractivity contribution in [2.24, 2.45) is 17.8 Å². The fourth-order valence-corrected chi connectivity index (χ4v) is 11.4. The number of unbranched alkanes of at least 4 members (excludes halogenated alkanes) is 1. The lowest BCUT2D eigenvalue weighted by atomic mass is 9.77. The predicted octanol–water partition coefficient (Wildman–Crippen LogP) is 10.3. The van der Waals surface area contributed by atoms with Crippen molar-refractivity contribution in [3.63, 3.8) is 0 Å². The molecule has 0 radical (unpaired) electrons. The average Bonchev–Trinajstić information content (AvgIpc) is 4.16. The van der Waals surface area contributed by atoms with Crippen LogP contribution in [-0.4, -0.2) is 48.0 Å². The van der Waals surface area contributed by atoms with Crippen LogP contribution in [-0.2, 0) is 23.3 Å². The van der Waals surface area contributed by atoms with E-state index in [0.717, 1.165) is 75.1 Å². The summed E-state index contributed by atoms with van der Waals surface area (Å²) in [6.45, 7) is 2.61. The number of hydrogen-bond donors (Lipinski definition) is 0. The Labute approximate surface area is 368 Å². The van der Waals surface area contributed by atoms with Crippen molar-refractivity contribution in [3.05, 3.63) is 202 Å². The molecule has 0 spiro atoms. The second-order valence-electron chi connectivity index (χ2n) is 17.7. The summed E-state index contributed by atoms with van der Waals surface area (Å²) in [5, 5.41) is 16.7. The third-order valence-electron chi connectivity index (χ3n) is 14.2. The quantitative estimate of drug-likeness (QED) is 0.113. The predicted molar refractivity (Wildman–Crippen MR) is 247 cm³/mol. The van der Waals surface area contributed by atoms with Gasteiger partial charge in [-0.05, 0) is 99.0 Å². The summed E-state index contributed by atoms with van der Waals surface area (Å²) in [7, 11) is 2.06. The Kier molecular flexibility index (Phi) is 10.2. The summed E-state index contributed by atoms with van der Waals surface area (Å²) in [6.07, 6.45) is 6.83. The van der Waals surface area contributed by atoms with E-state index < -0.39 is 5.54 Å². The molecule has 6 aromatic carbocycles. The number of tetrazole rings is 1. The highest BCUT2D eigenvalue weighted by atomic mass is 16.7. The number of fused-ring (bicyclic) bond motifs is 6. The molecular formula is C54H51N7O2. The zero-order chi connectivity index (χ0) is 42.5. The van der Waals surface area contributed by atoms with E-state index in [0.29, 0.717) is 35.5 Å². The Hall–Kier alpha value is -6.55. The molecule has 2 saturated carbocycles. The maximum absolute atomic E-state index is 14.7. The lowest BCUT2D eigenvalue weighted by Crippen LogP contribution is -2.39. The molecule has 9 heteroatoms. The number of aromatic nitrogens is 6. The molecule has 3 fully saturated rings. The van der Waals surface area contributed by atoms with Gasteiger partial charge in [-0.25, -0.2) is 9.67 Å². The third kappa shape index (κ3) is 6.64. The Morgan fingerprint density at radius 3 is 2.03 bits per heavy atom. The molecule has 2 bridgehead atoms. The van der Waals surface area contributed by atoms with Gasteiger partial charge in [0.05, 0.1) is 29.6 Å². The van der Waals surface area contributed by atoms with E-state index >= 15 is 0 Å². The molecule has 3 heterocycles. The molecule has 5 atom stereocenters. The first-order valence-electron chi connectivity index (χ1n) is 22.6. The average molecular weight is 830 g/mol. The summed E-state index contributed by atoms with van der Waals surface area (Å²) in [5.41, 5.74) is 8.14. The number of nitrogens with zero attached hydrogens (tertiary/aromatic N) is 7. The van der Waals surface area contributed by atoms with E-state index in [4.69, 9.17) is 20.1 Å². The summed E-state index contributed by atoms with van der Waals surface area (Å²) >= 11 is 0. The van der Waals surface area contributed by atoms with Crippen molar-refractivity contribution in [3.8, 4) is 22.5 Å². The number of rotatable bonds is 12. The molecule has 1 saturated heterocycles. The second kappa shape index (κ2) is 16.3. The zero-order valence-corrected chi connectivity index (χ0v) is 35.8. The highest BCUT2D eigenvalue weighted by Crippen LogP contribution is 2.59. The normalized spacial score (nSPS) is 20.7. The summed E-state index contributed by atoms with van der Waals surface area (Å²) in [6, 6.07) is 54.8. The Morgan fingerprint density at radius 2 is 1.37 bits per heavy atom. The first-order valence-corrected chi connectivity index (χ1v) is 22.6. The van der Waals surface area contributed by atoms with Crippen LogP contribution >= 0.6 is 0 Å². The standard InChI is InChI=1S/C54H51N7O2/c1-3-4-24-48-55-47-32-31-39(50-49-38-29-30-40(33-38)51(49)63-59(50)2)34-46(47)53(62)60(48)35-36-25-27-37(28-26-36)44-22-14-15-23-45(44)52-56-57-58-61(52)54(41-16-8-5-9-17-41,42-18-10-6-11-19-42)43-20-12-7-13-21-43/h5-23,25-28,31-32,34,38,40,49-51H,3-4,24,29-30,33,35H2,1-2H3/t38-,40+,49-,50-,51-/m1/s1. The van der Waals surface area contributed by atoms with Gasteiger partial charge in [0.15, 0.2) is 5.82 Å². The maximum Gasteiger partial charge on any atom is 0.261 e. The lowest BCUT2D eigenvalue weighted by molar-refractivity contribution is -0.156. The number of hydroxylamine groups is 2. The van der Waals surface area contributed by atoms with Crippen LogP contribution in [0.25, 0.3) is 33.4 Å². The van der Waals surface area contributed by atoms with Crippen LogP contribution in [0.5, 0.6) is 0 Å². The van der Waals surface area contributed by atoms with Crippen LogP contribution in [0.15, 0.2) is 163 Å². The molecule has 2 aliphatic carbocycles. The SMILES string of the molecule is CCCCc1nc2ccc([C@@H]3[C@H]4[C@@H]5CC[C@@H](C5)[C@H]4ON3C)cc2c(=O)n1Cc1ccc(-c2ccccc2-c2nnnn2C(c2ccccc2)(c2ccccc2)c2ccccc2)cc1. The molecule has 314 valence electrons. The molecule has 9 nitrogen and oxygen atoms in total. The van der Waals surface area contributed by atoms with Gasteiger partial charge in [-0.1, -0.05) is 159 Å². The van der Waals surface area contributed by atoms with Crippen molar-refractivity contribution < 1.29 is 4.84 Å². The molecule has 63 heavy (non-hydrogen) atoms. The van der Waals surface area contributed by atoms with E-state index in [1.165, 1.54) is 19.3 Å². The van der Waals surface area contributed by atoms with Crippen LogP contribution in [0.2, 0.25) is 0 Å². The summed E-state index contributed by atoms with van der Waals surface area (Å²) in [5.74, 6) is 3.29. The second-order valence-corrected chi connectivity index (χ2v) is 17.7. The first-order chi connectivity index (χ1) is 31.0. The van der Waals surface area contributed by atoms with Gasteiger partial charge in [0, 0.05) is 24.9 Å². The highest BCUT2D eigenvalue weighted by Gasteiger charge is 2.57. The van der Waals surface area contributed by atoms with E-state index in [2.05, 4.69) is 158 Å². The van der Waals surface area contributed by atoms with Crippen molar-refractivity contribution >= 4 is 10.9 Å². The smallest absolute Gasteiger partial charge is 0.261 e. The molecule has 2 aromatic heterocycles. The topological polar surface area (TPSA) is 91.0 Å². The summed E-state index contributed by atoms with van der Waals surface area (Å²) < 4.78 is 3.89. The van der Waals surface area contributed by atoms with Crippen molar-refractivity contribution in [2.75, 3.05) is 7.05 Å².